The Hall–Kier alpha value is 0.0169. The minimum atomic E-state index is -2.75. The molecule has 0 heterocycles. The Bertz CT molecular complexity index is 163. The van der Waals surface area contributed by atoms with Crippen molar-refractivity contribution in [2.75, 3.05) is 20.8 Å². The van der Waals surface area contributed by atoms with E-state index < -0.39 is 8.97 Å². The molecule has 92 valence electrons. The fraction of sp³-hybridized carbons (Fsp3) is 1.00. The highest BCUT2D eigenvalue weighted by Crippen LogP contribution is 2.07. The topological polar surface area (TPSA) is 65.7 Å². The molecule has 1 unspecified atom stereocenters. The molecule has 0 aromatic heterocycles. The van der Waals surface area contributed by atoms with Crippen molar-refractivity contribution in [3.05, 3.63) is 0 Å². The van der Waals surface area contributed by atoms with Crippen LogP contribution in [0.5, 0.6) is 0 Å². The molecule has 3 N–H and O–H groups in total. The number of nitrogens with one attached hydrogen (secondary N) is 1. The number of hydrogen-bond acceptors (Lipinski definition) is 5. The van der Waals surface area contributed by atoms with Gasteiger partial charge in [0.1, 0.15) is 0 Å². The highest BCUT2D eigenvalue weighted by molar-refractivity contribution is 6.57. The second-order valence-corrected chi connectivity index (χ2v) is 6.43. The maximum atomic E-state index is 5.65. The first-order valence-electron chi connectivity index (χ1n) is 5.23. The van der Waals surface area contributed by atoms with Crippen molar-refractivity contribution in [2.24, 2.45) is 11.7 Å². The molecule has 0 radical (unpaired) electrons. The highest BCUT2D eigenvalue weighted by Gasteiger charge is 2.41. The van der Waals surface area contributed by atoms with E-state index in [-0.39, 0.29) is 6.17 Å². The second-order valence-electron chi connectivity index (χ2n) is 3.93. The van der Waals surface area contributed by atoms with Gasteiger partial charge in [0.25, 0.3) is 0 Å². The SMILES string of the molecule is CO[Si](NC(C)N)(OC)OCCC(C)C. The Morgan fingerprint density at radius 3 is 2.07 bits per heavy atom. The van der Waals surface area contributed by atoms with Crippen LogP contribution in [0.4, 0.5) is 0 Å². The molecule has 0 rings (SSSR count). The largest absolute Gasteiger partial charge is 0.597 e. The van der Waals surface area contributed by atoms with Crippen LogP contribution < -0.4 is 10.7 Å². The average Bonchev–Trinajstić information content (AvgIpc) is 2.15. The van der Waals surface area contributed by atoms with Crippen molar-refractivity contribution < 1.29 is 13.3 Å². The summed E-state index contributed by atoms with van der Waals surface area (Å²) in [4.78, 5) is 3.02. The first kappa shape index (κ1) is 15.0. The van der Waals surface area contributed by atoms with Gasteiger partial charge in [0, 0.05) is 20.8 Å². The lowest BCUT2D eigenvalue weighted by Crippen LogP contribution is -2.62. The standard InChI is InChI=1S/C9H24N2O3Si/c1-8(2)6-7-14-15(12-4,13-5)11-9(3)10/h8-9,11H,6-7,10H2,1-5H3. The monoisotopic (exact) mass is 236 g/mol. The molecular weight excluding hydrogens is 212 g/mol. The number of hydrogen-bond donors (Lipinski definition) is 2. The quantitative estimate of drug-likeness (QED) is 0.479. The zero-order chi connectivity index (χ0) is 11.9. The van der Waals surface area contributed by atoms with Gasteiger partial charge in [-0.2, -0.15) is 0 Å². The molecule has 0 saturated carbocycles. The Balaban J connectivity index is 4.11. The zero-order valence-electron chi connectivity index (χ0n) is 10.4. The summed E-state index contributed by atoms with van der Waals surface area (Å²) in [6, 6.07) is 0. The molecule has 5 nitrogen and oxygen atoms in total. The summed E-state index contributed by atoms with van der Waals surface area (Å²) >= 11 is 0. The molecule has 0 aliphatic carbocycles. The lowest BCUT2D eigenvalue weighted by Gasteiger charge is -2.28. The first-order valence-corrected chi connectivity index (χ1v) is 6.95. The normalized spacial score (nSPS) is 14.6. The summed E-state index contributed by atoms with van der Waals surface area (Å²) in [5, 5.41) is 0. The van der Waals surface area contributed by atoms with Crippen LogP contribution >= 0.6 is 0 Å². The number of nitrogens with two attached hydrogens (primary N) is 1. The predicted octanol–water partition coefficient (Wildman–Crippen LogP) is 0.672. The average molecular weight is 236 g/mol. The van der Waals surface area contributed by atoms with Crippen molar-refractivity contribution in [1.29, 1.82) is 0 Å². The van der Waals surface area contributed by atoms with Gasteiger partial charge >= 0.3 is 8.97 Å². The second kappa shape index (κ2) is 7.32. The van der Waals surface area contributed by atoms with E-state index in [1.165, 1.54) is 0 Å². The molecule has 6 heteroatoms. The van der Waals surface area contributed by atoms with Gasteiger partial charge in [-0.15, -0.1) is 0 Å². The minimum Gasteiger partial charge on any atom is -0.364 e. The van der Waals surface area contributed by atoms with E-state index in [1.807, 2.05) is 6.92 Å². The minimum absolute atomic E-state index is 0.212. The van der Waals surface area contributed by atoms with Crippen LogP contribution in [0.2, 0.25) is 0 Å². The van der Waals surface area contributed by atoms with Crippen LogP contribution in [0.1, 0.15) is 27.2 Å². The van der Waals surface area contributed by atoms with Crippen LogP contribution in [0.25, 0.3) is 0 Å². The molecule has 1 atom stereocenters. The summed E-state index contributed by atoms with van der Waals surface area (Å²) in [7, 11) is 0.391. The number of rotatable bonds is 8. The first-order chi connectivity index (χ1) is 6.95. The Kier molecular flexibility index (Phi) is 7.32. The molecule has 0 saturated heterocycles. The van der Waals surface area contributed by atoms with E-state index in [0.29, 0.717) is 12.5 Å². The van der Waals surface area contributed by atoms with Crippen molar-refractivity contribution in [3.63, 3.8) is 0 Å². The van der Waals surface area contributed by atoms with Gasteiger partial charge < -0.3 is 19.0 Å². The van der Waals surface area contributed by atoms with Crippen molar-refractivity contribution in [1.82, 2.24) is 4.98 Å². The lowest BCUT2D eigenvalue weighted by atomic mass is 10.2. The summed E-state index contributed by atoms with van der Waals surface area (Å²) in [5.74, 6) is 0.598. The van der Waals surface area contributed by atoms with E-state index >= 15 is 0 Å². The Labute approximate surface area is 93.7 Å². The molecule has 0 aliphatic heterocycles. The van der Waals surface area contributed by atoms with Crippen LogP contribution in [-0.4, -0.2) is 36.0 Å². The van der Waals surface area contributed by atoms with Gasteiger partial charge in [-0.05, 0) is 19.3 Å². The molecule has 15 heavy (non-hydrogen) atoms. The predicted molar refractivity (Wildman–Crippen MR) is 62.0 cm³/mol. The third-order valence-electron chi connectivity index (χ3n) is 1.93. The lowest BCUT2D eigenvalue weighted by molar-refractivity contribution is 0.0786. The smallest absolute Gasteiger partial charge is 0.364 e. The van der Waals surface area contributed by atoms with E-state index in [4.69, 9.17) is 19.0 Å². The molecule has 0 bridgehead atoms. The van der Waals surface area contributed by atoms with Crippen molar-refractivity contribution >= 4 is 8.97 Å². The van der Waals surface area contributed by atoms with E-state index in [0.717, 1.165) is 6.42 Å². The third kappa shape index (κ3) is 6.24. The fourth-order valence-electron chi connectivity index (χ4n) is 1.07. The molecule has 0 aliphatic rings. The summed E-state index contributed by atoms with van der Waals surface area (Å²) in [6.45, 7) is 6.73. The molecule has 0 fully saturated rings. The summed E-state index contributed by atoms with van der Waals surface area (Å²) in [5.41, 5.74) is 5.64. The van der Waals surface area contributed by atoms with Crippen molar-refractivity contribution in [2.45, 2.75) is 33.4 Å². The van der Waals surface area contributed by atoms with Gasteiger partial charge in [-0.25, -0.2) is 0 Å². The van der Waals surface area contributed by atoms with Crippen LogP contribution in [-0.2, 0) is 13.3 Å². The van der Waals surface area contributed by atoms with Gasteiger partial charge in [-0.1, -0.05) is 13.8 Å². The van der Waals surface area contributed by atoms with Gasteiger partial charge in [0.15, 0.2) is 0 Å². The molecular formula is C9H24N2O3Si. The molecule has 0 aromatic rings. The van der Waals surface area contributed by atoms with Crippen LogP contribution in [0.3, 0.4) is 0 Å². The highest BCUT2D eigenvalue weighted by atomic mass is 28.4. The van der Waals surface area contributed by atoms with Crippen molar-refractivity contribution in [3.8, 4) is 0 Å². The maximum absolute atomic E-state index is 5.65. The summed E-state index contributed by atoms with van der Waals surface area (Å²) in [6.07, 6.45) is 0.762. The summed E-state index contributed by atoms with van der Waals surface area (Å²) < 4.78 is 16.2. The third-order valence-corrected chi connectivity index (χ3v) is 4.40. The van der Waals surface area contributed by atoms with Gasteiger partial charge in [0.2, 0.25) is 0 Å². The maximum Gasteiger partial charge on any atom is 0.597 e. The molecule has 0 aromatic carbocycles. The van der Waals surface area contributed by atoms with E-state index in [2.05, 4.69) is 18.8 Å². The van der Waals surface area contributed by atoms with Crippen LogP contribution in [0.15, 0.2) is 0 Å². The van der Waals surface area contributed by atoms with Gasteiger partial charge in [-0.3, -0.25) is 4.98 Å². The molecule has 0 amide bonds. The van der Waals surface area contributed by atoms with Crippen LogP contribution in [0, 0.1) is 5.92 Å². The van der Waals surface area contributed by atoms with E-state index in [1.54, 1.807) is 14.2 Å². The Morgan fingerprint density at radius 2 is 1.73 bits per heavy atom. The van der Waals surface area contributed by atoms with E-state index in [9.17, 15) is 0 Å². The Morgan fingerprint density at radius 1 is 1.20 bits per heavy atom. The zero-order valence-corrected chi connectivity index (χ0v) is 11.4. The molecule has 0 spiro atoms. The fourth-order valence-corrected chi connectivity index (χ4v) is 2.73. The van der Waals surface area contributed by atoms with Gasteiger partial charge in [0.05, 0.1) is 6.17 Å².